The number of fused-ring (bicyclic) bond motifs is 1. The first-order valence-electron chi connectivity index (χ1n) is 10.5. The van der Waals surface area contributed by atoms with Crippen molar-refractivity contribution >= 4 is 23.1 Å². The maximum atomic E-state index is 13.0. The number of carbonyl (C=O) groups is 1. The van der Waals surface area contributed by atoms with E-state index in [1.807, 2.05) is 32.0 Å². The minimum Gasteiger partial charge on any atom is -0.493 e. The molecule has 0 saturated carbocycles. The summed E-state index contributed by atoms with van der Waals surface area (Å²) in [5, 5.41) is 4.91. The number of esters is 1. The molecule has 0 radical (unpaired) electrons. The first-order valence-corrected chi connectivity index (χ1v) is 10.5. The smallest absolute Gasteiger partial charge is 0.343 e. The summed E-state index contributed by atoms with van der Waals surface area (Å²) in [6.45, 7) is 3.92. The van der Waals surface area contributed by atoms with E-state index in [9.17, 15) is 9.59 Å². The van der Waals surface area contributed by atoms with E-state index in [0.29, 0.717) is 33.6 Å². The standard InChI is InChI=1S/C26H23N3O4/c1-17(2)24-28-21-12-8-7-11-20(21)25(30)29(24)27-16-18-13-14-22(23(15-18)32-3)33-26(31)19-9-5-4-6-10-19/h4-17H,1-3H3. The first-order chi connectivity index (χ1) is 16.0. The number of aromatic nitrogens is 2. The Morgan fingerprint density at radius 3 is 2.45 bits per heavy atom. The van der Waals surface area contributed by atoms with Gasteiger partial charge in [0.25, 0.3) is 5.56 Å². The summed E-state index contributed by atoms with van der Waals surface area (Å²) >= 11 is 0. The molecular formula is C26H23N3O4. The van der Waals surface area contributed by atoms with E-state index in [0.717, 1.165) is 0 Å². The van der Waals surface area contributed by atoms with E-state index in [1.165, 1.54) is 11.8 Å². The second-order valence-electron chi connectivity index (χ2n) is 7.67. The van der Waals surface area contributed by atoms with Crippen LogP contribution < -0.4 is 15.0 Å². The number of para-hydroxylation sites is 1. The van der Waals surface area contributed by atoms with Gasteiger partial charge >= 0.3 is 5.97 Å². The summed E-state index contributed by atoms with van der Waals surface area (Å²) in [6.07, 6.45) is 1.55. The summed E-state index contributed by atoms with van der Waals surface area (Å²) < 4.78 is 12.2. The highest BCUT2D eigenvalue weighted by Crippen LogP contribution is 2.28. The van der Waals surface area contributed by atoms with Gasteiger partial charge in [0.15, 0.2) is 11.5 Å². The Labute approximate surface area is 190 Å². The van der Waals surface area contributed by atoms with Gasteiger partial charge in [0, 0.05) is 5.92 Å². The largest absolute Gasteiger partial charge is 0.493 e. The first kappa shape index (κ1) is 22.0. The summed E-state index contributed by atoms with van der Waals surface area (Å²) in [5.74, 6) is 0.738. The minimum atomic E-state index is -0.481. The van der Waals surface area contributed by atoms with Gasteiger partial charge in [-0.05, 0) is 48.0 Å². The Bertz CT molecular complexity index is 1390. The third-order valence-electron chi connectivity index (χ3n) is 5.02. The molecule has 7 heteroatoms. The summed E-state index contributed by atoms with van der Waals surface area (Å²) in [5.41, 5.74) is 1.51. The Morgan fingerprint density at radius 1 is 1.00 bits per heavy atom. The molecule has 1 heterocycles. The molecule has 0 aliphatic rings. The number of carbonyl (C=O) groups excluding carboxylic acids is 1. The van der Waals surface area contributed by atoms with E-state index in [4.69, 9.17) is 9.47 Å². The fraction of sp³-hybridized carbons (Fsp3) is 0.154. The predicted molar refractivity (Wildman–Crippen MR) is 127 cm³/mol. The number of hydrogen-bond donors (Lipinski definition) is 0. The van der Waals surface area contributed by atoms with Gasteiger partial charge in [-0.2, -0.15) is 9.78 Å². The Balaban J connectivity index is 1.66. The molecule has 0 fully saturated rings. The monoisotopic (exact) mass is 441 g/mol. The second kappa shape index (κ2) is 9.48. The van der Waals surface area contributed by atoms with Crippen molar-refractivity contribution in [3.63, 3.8) is 0 Å². The number of benzene rings is 3. The normalized spacial score (nSPS) is 11.3. The Morgan fingerprint density at radius 2 is 1.73 bits per heavy atom. The van der Waals surface area contributed by atoms with Gasteiger partial charge in [-0.15, -0.1) is 0 Å². The fourth-order valence-electron chi connectivity index (χ4n) is 3.33. The fourth-order valence-corrected chi connectivity index (χ4v) is 3.33. The van der Waals surface area contributed by atoms with Crippen LogP contribution in [0.4, 0.5) is 0 Å². The average molecular weight is 441 g/mol. The van der Waals surface area contributed by atoms with E-state index < -0.39 is 5.97 Å². The van der Waals surface area contributed by atoms with Crippen molar-refractivity contribution in [2.24, 2.45) is 5.10 Å². The Hall–Kier alpha value is -4.26. The van der Waals surface area contributed by atoms with Crippen molar-refractivity contribution in [3.05, 3.63) is 100 Å². The molecule has 0 saturated heterocycles. The van der Waals surface area contributed by atoms with Crippen molar-refractivity contribution in [2.45, 2.75) is 19.8 Å². The molecule has 0 atom stereocenters. The van der Waals surface area contributed by atoms with Crippen LogP contribution in [-0.2, 0) is 0 Å². The highest BCUT2D eigenvalue weighted by molar-refractivity contribution is 5.91. The summed E-state index contributed by atoms with van der Waals surface area (Å²) in [4.78, 5) is 30.0. The van der Waals surface area contributed by atoms with Gasteiger partial charge < -0.3 is 9.47 Å². The molecule has 0 bridgehead atoms. The van der Waals surface area contributed by atoms with Crippen LogP contribution in [0, 0.1) is 0 Å². The zero-order chi connectivity index (χ0) is 23.4. The van der Waals surface area contributed by atoms with Gasteiger partial charge in [-0.3, -0.25) is 4.79 Å². The van der Waals surface area contributed by atoms with Crippen molar-refractivity contribution in [1.29, 1.82) is 0 Å². The van der Waals surface area contributed by atoms with Crippen LogP contribution >= 0.6 is 0 Å². The SMILES string of the molecule is COc1cc(C=Nn2c(C(C)C)nc3ccccc3c2=O)ccc1OC(=O)c1ccccc1. The quantitative estimate of drug-likeness (QED) is 0.248. The number of methoxy groups -OCH3 is 1. The topological polar surface area (TPSA) is 82.8 Å². The van der Waals surface area contributed by atoms with Gasteiger partial charge in [0.05, 0.1) is 29.8 Å². The zero-order valence-electron chi connectivity index (χ0n) is 18.6. The zero-order valence-corrected chi connectivity index (χ0v) is 18.6. The van der Waals surface area contributed by atoms with E-state index in [1.54, 1.807) is 60.8 Å². The Kier molecular flexibility index (Phi) is 6.31. The molecule has 3 aromatic carbocycles. The van der Waals surface area contributed by atoms with Crippen molar-refractivity contribution in [3.8, 4) is 11.5 Å². The molecule has 0 spiro atoms. The lowest BCUT2D eigenvalue weighted by atomic mass is 10.2. The molecule has 166 valence electrons. The summed E-state index contributed by atoms with van der Waals surface area (Å²) in [6, 6.07) is 21.0. The van der Waals surface area contributed by atoms with Gasteiger partial charge in [-0.1, -0.05) is 44.2 Å². The molecule has 4 aromatic rings. The molecule has 4 rings (SSSR count). The van der Waals surface area contributed by atoms with Gasteiger partial charge in [0.1, 0.15) is 5.82 Å². The third-order valence-corrected chi connectivity index (χ3v) is 5.02. The molecule has 0 N–H and O–H groups in total. The molecule has 0 amide bonds. The van der Waals surface area contributed by atoms with Gasteiger partial charge in [-0.25, -0.2) is 9.78 Å². The number of rotatable bonds is 6. The van der Waals surface area contributed by atoms with Crippen LogP contribution in [0.2, 0.25) is 0 Å². The van der Waals surface area contributed by atoms with Crippen LogP contribution in [0.15, 0.2) is 82.7 Å². The maximum absolute atomic E-state index is 13.0. The lowest BCUT2D eigenvalue weighted by molar-refractivity contribution is 0.0729. The van der Waals surface area contributed by atoms with Crippen LogP contribution in [-0.4, -0.2) is 29.0 Å². The molecule has 1 aromatic heterocycles. The van der Waals surface area contributed by atoms with E-state index in [2.05, 4.69) is 10.1 Å². The van der Waals surface area contributed by atoms with E-state index in [-0.39, 0.29) is 17.2 Å². The van der Waals surface area contributed by atoms with E-state index >= 15 is 0 Å². The molecule has 0 unspecified atom stereocenters. The molecule has 0 aliphatic heterocycles. The van der Waals surface area contributed by atoms with Crippen molar-refractivity contribution in [1.82, 2.24) is 9.66 Å². The molecule has 7 nitrogen and oxygen atoms in total. The number of ether oxygens (including phenoxy) is 2. The van der Waals surface area contributed by atoms with Crippen molar-refractivity contribution in [2.75, 3.05) is 7.11 Å². The third kappa shape index (κ3) is 4.67. The van der Waals surface area contributed by atoms with Crippen LogP contribution in [0.5, 0.6) is 11.5 Å². The molecule has 33 heavy (non-hydrogen) atoms. The number of nitrogens with zero attached hydrogens (tertiary/aromatic N) is 3. The van der Waals surface area contributed by atoms with Crippen LogP contribution in [0.25, 0.3) is 10.9 Å². The summed E-state index contributed by atoms with van der Waals surface area (Å²) in [7, 11) is 1.49. The van der Waals surface area contributed by atoms with Crippen LogP contribution in [0.3, 0.4) is 0 Å². The maximum Gasteiger partial charge on any atom is 0.343 e. The minimum absolute atomic E-state index is 0.00577. The van der Waals surface area contributed by atoms with Crippen LogP contribution in [0.1, 0.15) is 41.5 Å². The lowest BCUT2D eigenvalue weighted by Crippen LogP contribution is -2.23. The highest BCUT2D eigenvalue weighted by Gasteiger charge is 2.14. The van der Waals surface area contributed by atoms with Gasteiger partial charge in [0.2, 0.25) is 0 Å². The molecular weight excluding hydrogens is 418 g/mol. The molecule has 0 aliphatic carbocycles. The highest BCUT2D eigenvalue weighted by atomic mass is 16.6. The average Bonchev–Trinajstić information content (AvgIpc) is 2.84. The number of hydrogen-bond acceptors (Lipinski definition) is 6. The second-order valence-corrected chi connectivity index (χ2v) is 7.67. The van der Waals surface area contributed by atoms with Crippen molar-refractivity contribution < 1.29 is 14.3 Å². The predicted octanol–water partition coefficient (Wildman–Crippen LogP) is 4.63. The lowest BCUT2D eigenvalue weighted by Gasteiger charge is -2.12.